The summed E-state index contributed by atoms with van der Waals surface area (Å²) in [5, 5.41) is 9.73. The SMILES string of the molecule is CC1(c2ccccc2)NC(=O)N(CC(=O)NCc2ccccc2Cn2cccn2)C1=O. The Morgan fingerprint density at radius 1 is 1.03 bits per heavy atom. The van der Waals surface area contributed by atoms with E-state index in [9.17, 15) is 14.4 Å². The molecule has 1 saturated heterocycles. The van der Waals surface area contributed by atoms with Gasteiger partial charge in [-0.15, -0.1) is 0 Å². The van der Waals surface area contributed by atoms with Gasteiger partial charge >= 0.3 is 6.03 Å². The van der Waals surface area contributed by atoms with Crippen LogP contribution in [0.5, 0.6) is 0 Å². The average molecular weight is 417 g/mol. The van der Waals surface area contributed by atoms with Crippen molar-refractivity contribution in [3.63, 3.8) is 0 Å². The van der Waals surface area contributed by atoms with E-state index in [1.165, 1.54) is 0 Å². The van der Waals surface area contributed by atoms with E-state index in [-0.39, 0.29) is 13.1 Å². The molecule has 3 aromatic rings. The number of aromatic nitrogens is 2. The molecule has 31 heavy (non-hydrogen) atoms. The Balaban J connectivity index is 1.40. The lowest BCUT2D eigenvalue weighted by molar-refractivity contribution is -0.134. The van der Waals surface area contributed by atoms with Gasteiger partial charge in [-0.25, -0.2) is 4.79 Å². The number of carbonyl (C=O) groups is 3. The molecule has 0 saturated carbocycles. The number of imide groups is 1. The van der Waals surface area contributed by atoms with Gasteiger partial charge in [0, 0.05) is 18.9 Å². The Morgan fingerprint density at radius 2 is 1.74 bits per heavy atom. The molecule has 0 aliphatic carbocycles. The highest BCUT2D eigenvalue weighted by atomic mass is 16.2. The predicted octanol–water partition coefficient (Wildman–Crippen LogP) is 2.01. The van der Waals surface area contributed by atoms with E-state index in [1.54, 1.807) is 42.1 Å². The molecule has 1 unspecified atom stereocenters. The molecule has 4 rings (SSSR count). The number of urea groups is 1. The van der Waals surface area contributed by atoms with Crippen LogP contribution in [0.1, 0.15) is 23.6 Å². The van der Waals surface area contributed by atoms with E-state index in [4.69, 9.17) is 0 Å². The number of amides is 4. The molecule has 0 spiro atoms. The van der Waals surface area contributed by atoms with Crippen LogP contribution in [0.25, 0.3) is 0 Å². The average Bonchev–Trinajstić information content (AvgIpc) is 3.36. The third kappa shape index (κ3) is 4.18. The van der Waals surface area contributed by atoms with Gasteiger partial charge in [-0.05, 0) is 29.7 Å². The minimum absolute atomic E-state index is 0.288. The smallest absolute Gasteiger partial charge is 0.325 e. The van der Waals surface area contributed by atoms with E-state index in [2.05, 4.69) is 15.7 Å². The molecule has 158 valence electrons. The zero-order chi connectivity index (χ0) is 21.8. The fraction of sp³-hybridized carbons (Fsp3) is 0.217. The maximum Gasteiger partial charge on any atom is 0.325 e. The van der Waals surface area contributed by atoms with Gasteiger partial charge in [-0.2, -0.15) is 5.10 Å². The highest BCUT2D eigenvalue weighted by Gasteiger charge is 2.49. The second-order valence-corrected chi connectivity index (χ2v) is 7.56. The molecule has 0 radical (unpaired) electrons. The standard InChI is InChI=1S/C23H23N5O3/c1-23(19-10-3-2-4-11-19)21(30)28(22(31)26-23)16-20(29)24-14-17-8-5-6-9-18(17)15-27-13-7-12-25-27/h2-13H,14-16H2,1H3,(H,24,29)(H,26,31). The van der Waals surface area contributed by atoms with Crippen LogP contribution in [-0.4, -0.2) is 39.1 Å². The van der Waals surface area contributed by atoms with Crippen LogP contribution in [0.2, 0.25) is 0 Å². The van der Waals surface area contributed by atoms with Gasteiger partial charge in [0.1, 0.15) is 12.1 Å². The van der Waals surface area contributed by atoms with Crippen molar-refractivity contribution in [2.45, 2.75) is 25.6 Å². The van der Waals surface area contributed by atoms with Crippen LogP contribution in [0.3, 0.4) is 0 Å². The summed E-state index contributed by atoms with van der Waals surface area (Å²) in [6.45, 7) is 2.18. The fourth-order valence-electron chi connectivity index (χ4n) is 3.65. The Labute approximate surface area is 179 Å². The summed E-state index contributed by atoms with van der Waals surface area (Å²) < 4.78 is 1.80. The Morgan fingerprint density at radius 3 is 2.45 bits per heavy atom. The van der Waals surface area contributed by atoms with Gasteiger partial charge in [-0.3, -0.25) is 19.2 Å². The Hall–Kier alpha value is -3.94. The fourth-order valence-corrected chi connectivity index (χ4v) is 3.65. The van der Waals surface area contributed by atoms with E-state index in [1.807, 2.05) is 42.6 Å². The lowest BCUT2D eigenvalue weighted by Crippen LogP contribution is -2.43. The molecule has 1 aliphatic rings. The first-order valence-corrected chi connectivity index (χ1v) is 9.98. The van der Waals surface area contributed by atoms with Gasteiger partial charge in [0.25, 0.3) is 5.91 Å². The molecular weight excluding hydrogens is 394 g/mol. The van der Waals surface area contributed by atoms with Crippen molar-refractivity contribution >= 4 is 17.8 Å². The Kier molecular flexibility index (Phi) is 5.53. The summed E-state index contributed by atoms with van der Waals surface area (Å²) >= 11 is 0. The first-order valence-electron chi connectivity index (χ1n) is 9.98. The van der Waals surface area contributed by atoms with Crippen LogP contribution < -0.4 is 10.6 Å². The minimum atomic E-state index is -1.19. The second kappa shape index (κ2) is 8.43. The molecular formula is C23H23N5O3. The number of nitrogens with one attached hydrogen (secondary N) is 2. The van der Waals surface area contributed by atoms with Gasteiger partial charge in [-0.1, -0.05) is 54.6 Å². The zero-order valence-corrected chi connectivity index (χ0v) is 17.1. The summed E-state index contributed by atoms with van der Waals surface area (Å²) in [5.41, 5.74) is 1.45. The third-order valence-electron chi connectivity index (χ3n) is 5.41. The number of hydrogen-bond donors (Lipinski definition) is 2. The number of nitrogens with zero attached hydrogens (tertiary/aromatic N) is 3. The van der Waals surface area contributed by atoms with Crippen LogP contribution in [0, 0.1) is 0 Å². The molecule has 1 fully saturated rings. The molecule has 8 heteroatoms. The van der Waals surface area contributed by atoms with Crippen molar-refractivity contribution in [1.82, 2.24) is 25.3 Å². The van der Waals surface area contributed by atoms with Crippen molar-refractivity contribution in [1.29, 1.82) is 0 Å². The molecule has 2 heterocycles. The first-order chi connectivity index (χ1) is 15.0. The van der Waals surface area contributed by atoms with Crippen LogP contribution in [0.4, 0.5) is 4.79 Å². The molecule has 8 nitrogen and oxygen atoms in total. The maximum atomic E-state index is 12.9. The van der Waals surface area contributed by atoms with Crippen LogP contribution in [-0.2, 0) is 28.2 Å². The first kappa shape index (κ1) is 20.3. The normalized spacial score (nSPS) is 18.2. The monoisotopic (exact) mass is 417 g/mol. The van der Waals surface area contributed by atoms with Gasteiger partial charge in [0.2, 0.25) is 5.91 Å². The quantitative estimate of drug-likeness (QED) is 0.575. The van der Waals surface area contributed by atoms with Crippen molar-refractivity contribution in [3.8, 4) is 0 Å². The molecule has 2 N–H and O–H groups in total. The number of benzene rings is 2. The highest BCUT2D eigenvalue weighted by Crippen LogP contribution is 2.28. The van der Waals surface area contributed by atoms with Gasteiger partial charge < -0.3 is 10.6 Å². The largest absolute Gasteiger partial charge is 0.350 e. The molecule has 0 bridgehead atoms. The summed E-state index contributed by atoms with van der Waals surface area (Å²) in [4.78, 5) is 38.8. The molecule has 2 aromatic carbocycles. The summed E-state index contributed by atoms with van der Waals surface area (Å²) in [5.74, 6) is -0.854. The van der Waals surface area contributed by atoms with E-state index in [0.29, 0.717) is 12.1 Å². The molecule has 4 amide bonds. The number of carbonyl (C=O) groups excluding carboxylic acids is 3. The summed E-state index contributed by atoms with van der Waals surface area (Å²) in [7, 11) is 0. The Bertz CT molecular complexity index is 1100. The van der Waals surface area contributed by atoms with E-state index >= 15 is 0 Å². The molecule has 1 aliphatic heterocycles. The predicted molar refractivity (Wildman–Crippen MR) is 114 cm³/mol. The van der Waals surface area contributed by atoms with Crippen molar-refractivity contribution in [2.75, 3.05) is 6.54 Å². The third-order valence-corrected chi connectivity index (χ3v) is 5.41. The minimum Gasteiger partial charge on any atom is -0.350 e. The maximum absolute atomic E-state index is 12.9. The van der Waals surface area contributed by atoms with Crippen molar-refractivity contribution < 1.29 is 14.4 Å². The highest BCUT2D eigenvalue weighted by molar-refractivity contribution is 6.09. The van der Waals surface area contributed by atoms with Gasteiger partial charge in [0.05, 0.1) is 6.54 Å². The summed E-state index contributed by atoms with van der Waals surface area (Å²) in [6.07, 6.45) is 3.59. The molecule has 1 atom stereocenters. The van der Waals surface area contributed by atoms with E-state index < -0.39 is 23.4 Å². The number of hydrogen-bond acceptors (Lipinski definition) is 4. The zero-order valence-electron chi connectivity index (χ0n) is 17.1. The lowest BCUT2D eigenvalue weighted by Gasteiger charge is -2.22. The van der Waals surface area contributed by atoms with Gasteiger partial charge in [0.15, 0.2) is 0 Å². The van der Waals surface area contributed by atoms with Crippen LogP contribution in [0.15, 0.2) is 73.1 Å². The molecule has 1 aromatic heterocycles. The topological polar surface area (TPSA) is 96.3 Å². The van der Waals surface area contributed by atoms with Crippen LogP contribution >= 0.6 is 0 Å². The summed E-state index contributed by atoms with van der Waals surface area (Å²) in [6, 6.07) is 18.0. The number of rotatable bonds is 7. The lowest BCUT2D eigenvalue weighted by atomic mass is 9.92. The van der Waals surface area contributed by atoms with Crippen molar-refractivity contribution in [3.05, 3.63) is 89.7 Å². The second-order valence-electron chi connectivity index (χ2n) is 7.56. The van der Waals surface area contributed by atoms with E-state index in [0.717, 1.165) is 16.0 Å². The van der Waals surface area contributed by atoms with Crippen molar-refractivity contribution in [2.24, 2.45) is 0 Å².